The summed E-state index contributed by atoms with van der Waals surface area (Å²) in [7, 11) is 0. The molecule has 0 spiro atoms. The van der Waals surface area contributed by atoms with Gasteiger partial charge in [0, 0.05) is 5.92 Å². The summed E-state index contributed by atoms with van der Waals surface area (Å²) in [5, 5.41) is 0. The predicted molar refractivity (Wildman–Crippen MR) is 49.4 cm³/mol. The van der Waals surface area contributed by atoms with E-state index in [2.05, 4.69) is 0 Å². The number of carbonyl (C=O) groups is 1. The normalized spacial score (nSPS) is 28.7. The van der Waals surface area contributed by atoms with Gasteiger partial charge in [0.15, 0.2) is 5.79 Å². The molecule has 0 radical (unpaired) electrons. The van der Waals surface area contributed by atoms with Crippen molar-refractivity contribution < 1.29 is 14.3 Å². The van der Waals surface area contributed by atoms with Crippen molar-refractivity contribution in [3.63, 3.8) is 0 Å². The van der Waals surface area contributed by atoms with Gasteiger partial charge in [-0.1, -0.05) is 20.8 Å². The lowest BCUT2D eigenvalue weighted by molar-refractivity contribution is -0.176. The van der Waals surface area contributed by atoms with Gasteiger partial charge >= 0.3 is 0 Å². The molecule has 0 unspecified atom stereocenters. The van der Waals surface area contributed by atoms with Crippen LogP contribution in [0.1, 0.15) is 33.6 Å². The maximum Gasteiger partial charge on any atom is 0.168 e. The van der Waals surface area contributed by atoms with E-state index < -0.39 is 5.79 Å². The third-order valence-electron chi connectivity index (χ3n) is 2.76. The van der Waals surface area contributed by atoms with Gasteiger partial charge in [0.2, 0.25) is 0 Å². The zero-order chi connectivity index (χ0) is 9.90. The topological polar surface area (TPSA) is 35.5 Å². The van der Waals surface area contributed by atoms with Crippen molar-refractivity contribution in [2.45, 2.75) is 45.5 Å². The third-order valence-corrected chi connectivity index (χ3v) is 2.76. The fourth-order valence-corrected chi connectivity index (χ4v) is 1.55. The fraction of sp³-hybridized carbons (Fsp3) is 0.900. The Labute approximate surface area is 79.4 Å². The van der Waals surface area contributed by atoms with E-state index in [1.807, 2.05) is 20.8 Å². The molecule has 0 N–H and O–H groups in total. The number of aldehydes is 1. The predicted octanol–water partition coefficient (Wildman–Crippen LogP) is 1.75. The van der Waals surface area contributed by atoms with Crippen LogP contribution in [0.25, 0.3) is 0 Å². The maximum absolute atomic E-state index is 10.5. The highest BCUT2D eigenvalue weighted by atomic mass is 16.7. The molecule has 0 aliphatic carbocycles. The molecule has 1 heterocycles. The number of ether oxygens (including phenoxy) is 2. The van der Waals surface area contributed by atoms with Gasteiger partial charge in [-0.3, -0.25) is 0 Å². The number of carbonyl (C=O) groups excluding carboxylic acids is 1. The monoisotopic (exact) mass is 186 g/mol. The average Bonchev–Trinajstić information content (AvgIpc) is 2.61. The lowest BCUT2D eigenvalue weighted by atomic mass is 10.1. The first-order valence-corrected chi connectivity index (χ1v) is 4.94. The van der Waals surface area contributed by atoms with Gasteiger partial charge in [-0.25, -0.2) is 0 Å². The van der Waals surface area contributed by atoms with E-state index in [4.69, 9.17) is 9.47 Å². The molecule has 1 aliphatic rings. The van der Waals surface area contributed by atoms with Crippen LogP contribution in [0, 0.1) is 5.92 Å². The molecule has 0 aromatic rings. The average molecular weight is 186 g/mol. The van der Waals surface area contributed by atoms with E-state index in [0.29, 0.717) is 6.61 Å². The molecule has 76 valence electrons. The molecule has 2 atom stereocenters. The smallest absolute Gasteiger partial charge is 0.168 e. The van der Waals surface area contributed by atoms with Crippen molar-refractivity contribution in [3.8, 4) is 0 Å². The Balaban J connectivity index is 2.56. The highest BCUT2D eigenvalue weighted by Gasteiger charge is 2.40. The molecular weight excluding hydrogens is 168 g/mol. The lowest BCUT2D eigenvalue weighted by Gasteiger charge is -2.25. The van der Waals surface area contributed by atoms with Gasteiger partial charge in [-0.2, -0.15) is 0 Å². The summed E-state index contributed by atoms with van der Waals surface area (Å²) in [6.45, 7) is 6.49. The van der Waals surface area contributed by atoms with Crippen LogP contribution in [-0.4, -0.2) is 24.8 Å². The van der Waals surface area contributed by atoms with E-state index in [1.54, 1.807) is 0 Å². The molecule has 0 bridgehead atoms. The van der Waals surface area contributed by atoms with Crippen molar-refractivity contribution >= 4 is 6.29 Å². The van der Waals surface area contributed by atoms with Crippen molar-refractivity contribution in [2.75, 3.05) is 6.61 Å². The van der Waals surface area contributed by atoms with E-state index in [9.17, 15) is 4.79 Å². The molecule has 0 aromatic carbocycles. The van der Waals surface area contributed by atoms with E-state index in [-0.39, 0.29) is 12.0 Å². The fourth-order valence-electron chi connectivity index (χ4n) is 1.55. The molecule has 1 fully saturated rings. The summed E-state index contributed by atoms with van der Waals surface area (Å²) in [6.07, 6.45) is 2.55. The highest BCUT2D eigenvalue weighted by molar-refractivity contribution is 5.53. The summed E-state index contributed by atoms with van der Waals surface area (Å²) in [5.41, 5.74) is 0. The van der Waals surface area contributed by atoms with Crippen LogP contribution in [0.15, 0.2) is 0 Å². The Morgan fingerprint density at radius 3 is 2.54 bits per heavy atom. The first-order chi connectivity index (χ1) is 6.17. The molecule has 0 amide bonds. The Bertz CT molecular complexity index is 175. The molecule has 0 aromatic heterocycles. The molecule has 13 heavy (non-hydrogen) atoms. The van der Waals surface area contributed by atoms with E-state index in [0.717, 1.165) is 19.1 Å². The van der Waals surface area contributed by atoms with Crippen LogP contribution in [0.4, 0.5) is 0 Å². The lowest BCUT2D eigenvalue weighted by Crippen LogP contribution is -2.30. The van der Waals surface area contributed by atoms with Crippen molar-refractivity contribution in [1.82, 2.24) is 0 Å². The third kappa shape index (κ3) is 2.09. The van der Waals surface area contributed by atoms with Gasteiger partial charge in [-0.05, 0) is 12.8 Å². The zero-order valence-electron chi connectivity index (χ0n) is 8.58. The second kappa shape index (κ2) is 4.20. The molecule has 1 rings (SSSR count). The number of hydrogen-bond acceptors (Lipinski definition) is 3. The van der Waals surface area contributed by atoms with Gasteiger partial charge < -0.3 is 14.3 Å². The van der Waals surface area contributed by atoms with Gasteiger partial charge in [-0.15, -0.1) is 0 Å². The second-order valence-electron chi connectivity index (χ2n) is 3.58. The van der Waals surface area contributed by atoms with Crippen molar-refractivity contribution in [3.05, 3.63) is 0 Å². The first-order valence-electron chi connectivity index (χ1n) is 4.94. The van der Waals surface area contributed by atoms with Gasteiger partial charge in [0.05, 0.1) is 12.7 Å². The molecule has 3 nitrogen and oxygen atoms in total. The SMILES string of the molecule is CCC1(CC)OC[C@@H]([C@H](C)C=O)O1. The van der Waals surface area contributed by atoms with Crippen LogP contribution < -0.4 is 0 Å². The summed E-state index contributed by atoms with van der Waals surface area (Å²) >= 11 is 0. The molecule has 1 saturated heterocycles. The second-order valence-corrected chi connectivity index (χ2v) is 3.58. The van der Waals surface area contributed by atoms with Crippen LogP contribution in [0.5, 0.6) is 0 Å². The van der Waals surface area contributed by atoms with E-state index >= 15 is 0 Å². The summed E-state index contributed by atoms with van der Waals surface area (Å²) in [5.74, 6) is -0.498. The van der Waals surface area contributed by atoms with E-state index in [1.165, 1.54) is 0 Å². The minimum atomic E-state index is -0.429. The van der Waals surface area contributed by atoms with Crippen LogP contribution in [0.2, 0.25) is 0 Å². The number of rotatable bonds is 4. The summed E-state index contributed by atoms with van der Waals surface area (Å²) in [4.78, 5) is 10.5. The van der Waals surface area contributed by atoms with Gasteiger partial charge in [0.25, 0.3) is 0 Å². The first kappa shape index (κ1) is 10.7. The quantitative estimate of drug-likeness (QED) is 0.627. The van der Waals surface area contributed by atoms with Crippen LogP contribution >= 0.6 is 0 Å². The molecule has 3 heteroatoms. The highest BCUT2D eigenvalue weighted by Crippen LogP contribution is 2.32. The van der Waals surface area contributed by atoms with Gasteiger partial charge in [0.1, 0.15) is 6.29 Å². The van der Waals surface area contributed by atoms with Crippen LogP contribution in [-0.2, 0) is 14.3 Å². The molecule has 0 saturated carbocycles. The summed E-state index contributed by atoms with van der Waals surface area (Å²) in [6, 6.07) is 0. The van der Waals surface area contributed by atoms with Crippen molar-refractivity contribution in [2.24, 2.45) is 5.92 Å². The Hall–Kier alpha value is -0.410. The zero-order valence-corrected chi connectivity index (χ0v) is 8.58. The summed E-state index contributed by atoms with van der Waals surface area (Å²) < 4.78 is 11.3. The molecule has 1 aliphatic heterocycles. The number of hydrogen-bond donors (Lipinski definition) is 0. The molecular formula is C10H18O3. The maximum atomic E-state index is 10.5. The standard InChI is InChI=1S/C10H18O3/c1-4-10(5-2)12-7-9(13-10)8(3)6-11/h6,8-9H,4-5,7H2,1-3H3/t8-,9+/m1/s1. The van der Waals surface area contributed by atoms with Crippen LogP contribution in [0.3, 0.4) is 0 Å². The Morgan fingerprint density at radius 2 is 2.15 bits per heavy atom. The Morgan fingerprint density at radius 1 is 1.54 bits per heavy atom. The van der Waals surface area contributed by atoms with Crippen molar-refractivity contribution in [1.29, 1.82) is 0 Å². The largest absolute Gasteiger partial charge is 0.347 e. The minimum absolute atomic E-state index is 0.0580. The Kier molecular flexibility index (Phi) is 3.45. The minimum Gasteiger partial charge on any atom is -0.347 e.